The Labute approximate surface area is 121 Å². The molecule has 0 N–H and O–H groups in total. The number of morpholine rings is 1. The van der Waals surface area contributed by atoms with Gasteiger partial charge in [0.05, 0.1) is 26.6 Å². The highest BCUT2D eigenvalue weighted by atomic mass is 16.5. The van der Waals surface area contributed by atoms with Crippen LogP contribution in [0.1, 0.15) is 17.5 Å². The van der Waals surface area contributed by atoms with Crippen molar-refractivity contribution in [2.45, 2.75) is 12.5 Å². The Hall–Kier alpha value is -2.35. The summed E-state index contributed by atoms with van der Waals surface area (Å²) in [6.07, 6.45) is 3.43. The van der Waals surface area contributed by atoms with Gasteiger partial charge >= 0.3 is 0 Å². The second kappa shape index (κ2) is 5.96. The molecule has 0 spiro atoms. The predicted molar refractivity (Wildman–Crippen MR) is 72.0 cm³/mol. The Morgan fingerprint density at radius 1 is 1.52 bits per heavy atom. The SMILES string of the molecule is Cn1nnc(C2CN(C(=O)Cc3cccnc3)CCO2)n1. The number of aromatic nitrogens is 5. The summed E-state index contributed by atoms with van der Waals surface area (Å²) in [4.78, 5) is 19.5. The first-order valence-corrected chi connectivity index (χ1v) is 6.74. The minimum absolute atomic E-state index is 0.0557. The summed E-state index contributed by atoms with van der Waals surface area (Å²) in [7, 11) is 1.70. The van der Waals surface area contributed by atoms with Gasteiger partial charge in [-0.2, -0.15) is 4.80 Å². The van der Waals surface area contributed by atoms with E-state index in [1.54, 1.807) is 24.3 Å². The smallest absolute Gasteiger partial charge is 0.227 e. The summed E-state index contributed by atoms with van der Waals surface area (Å²) < 4.78 is 5.62. The lowest BCUT2D eigenvalue weighted by Gasteiger charge is -2.31. The fourth-order valence-corrected chi connectivity index (χ4v) is 2.25. The number of amides is 1. The number of hydrogen-bond acceptors (Lipinski definition) is 6. The molecule has 110 valence electrons. The van der Waals surface area contributed by atoms with Crippen LogP contribution in [-0.4, -0.2) is 55.7 Å². The van der Waals surface area contributed by atoms with Crippen molar-refractivity contribution >= 4 is 5.91 Å². The van der Waals surface area contributed by atoms with Crippen molar-refractivity contribution in [3.05, 3.63) is 35.9 Å². The third-order valence-electron chi connectivity index (χ3n) is 3.31. The lowest BCUT2D eigenvalue weighted by atomic mass is 10.1. The number of ether oxygens (including phenoxy) is 1. The molecule has 1 aliphatic rings. The fourth-order valence-electron chi connectivity index (χ4n) is 2.25. The molecule has 1 saturated heterocycles. The molecule has 1 fully saturated rings. The van der Waals surface area contributed by atoms with Gasteiger partial charge in [0.2, 0.25) is 11.7 Å². The van der Waals surface area contributed by atoms with Crippen LogP contribution in [0.25, 0.3) is 0 Å². The van der Waals surface area contributed by atoms with E-state index in [0.717, 1.165) is 5.56 Å². The average Bonchev–Trinajstić information content (AvgIpc) is 2.95. The fraction of sp³-hybridized carbons (Fsp3) is 0.462. The van der Waals surface area contributed by atoms with E-state index in [1.807, 2.05) is 12.1 Å². The van der Waals surface area contributed by atoms with Gasteiger partial charge in [-0.1, -0.05) is 6.07 Å². The number of pyridine rings is 1. The maximum Gasteiger partial charge on any atom is 0.227 e. The molecule has 3 heterocycles. The van der Waals surface area contributed by atoms with Crippen molar-refractivity contribution in [3.63, 3.8) is 0 Å². The first kappa shape index (κ1) is 13.6. The van der Waals surface area contributed by atoms with Crippen LogP contribution in [-0.2, 0) is 23.0 Å². The van der Waals surface area contributed by atoms with Crippen LogP contribution < -0.4 is 0 Å². The van der Waals surface area contributed by atoms with E-state index in [9.17, 15) is 4.79 Å². The van der Waals surface area contributed by atoms with Crippen molar-refractivity contribution in [1.29, 1.82) is 0 Å². The molecule has 1 amide bonds. The molecular formula is C13H16N6O2. The van der Waals surface area contributed by atoms with Gasteiger partial charge < -0.3 is 9.64 Å². The van der Waals surface area contributed by atoms with E-state index in [4.69, 9.17) is 4.74 Å². The van der Waals surface area contributed by atoms with Crippen molar-refractivity contribution < 1.29 is 9.53 Å². The zero-order valence-corrected chi connectivity index (χ0v) is 11.7. The molecule has 0 aliphatic carbocycles. The maximum absolute atomic E-state index is 12.3. The Balaban J connectivity index is 1.64. The van der Waals surface area contributed by atoms with Crippen LogP contribution in [0.2, 0.25) is 0 Å². The molecule has 0 radical (unpaired) electrons. The highest BCUT2D eigenvalue weighted by Crippen LogP contribution is 2.19. The number of tetrazole rings is 1. The van der Waals surface area contributed by atoms with Gasteiger partial charge in [-0.3, -0.25) is 9.78 Å². The molecule has 2 aromatic heterocycles. The highest BCUT2D eigenvalue weighted by molar-refractivity contribution is 5.78. The van der Waals surface area contributed by atoms with E-state index in [1.165, 1.54) is 4.80 Å². The summed E-state index contributed by atoms with van der Waals surface area (Å²) in [5.41, 5.74) is 0.906. The topological polar surface area (TPSA) is 86.0 Å². The van der Waals surface area contributed by atoms with Crippen LogP contribution >= 0.6 is 0 Å². The third kappa shape index (κ3) is 3.22. The summed E-state index contributed by atoms with van der Waals surface area (Å²) >= 11 is 0. The zero-order valence-electron chi connectivity index (χ0n) is 11.7. The number of nitrogens with zero attached hydrogens (tertiary/aromatic N) is 6. The van der Waals surface area contributed by atoms with Crippen molar-refractivity contribution in [2.24, 2.45) is 7.05 Å². The van der Waals surface area contributed by atoms with E-state index in [0.29, 0.717) is 31.9 Å². The predicted octanol–water partition coefficient (Wildman–Crippen LogP) is -0.252. The van der Waals surface area contributed by atoms with Crippen molar-refractivity contribution in [2.75, 3.05) is 19.7 Å². The summed E-state index contributed by atoms with van der Waals surface area (Å²) in [5, 5.41) is 11.9. The summed E-state index contributed by atoms with van der Waals surface area (Å²) in [6, 6.07) is 3.72. The summed E-state index contributed by atoms with van der Waals surface area (Å²) in [6.45, 7) is 1.50. The molecule has 21 heavy (non-hydrogen) atoms. The lowest BCUT2D eigenvalue weighted by molar-refractivity contribution is -0.138. The zero-order chi connectivity index (χ0) is 14.7. The van der Waals surface area contributed by atoms with Crippen molar-refractivity contribution in [3.8, 4) is 0 Å². The number of aryl methyl sites for hydroxylation is 1. The van der Waals surface area contributed by atoms with Gasteiger partial charge in [0.25, 0.3) is 0 Å². The monoisotopic (exact) mass is 288 g/mol. The maximum atomic E-state index is 12.3. The van der Waals surface area contributed by atoms with Gasteiger partial charge in [0, 0.05) is 18.9 Å². The second-order valence-electron chi connectivity index (χ2n) is 4.87. The van der Waals surface area contributed by atoms with Gasteiger partial charge in [0.15, 0.2) is 0 Å². The molecule has 1 atom stereocenters. The van der Waals surface area contributed by atoms with Crippen molar-refractivity contribution in [1.82, 2.24) is 30.1 Å². The molecule has 8 nitrogen and oxygen atoms in total. The molecule has 1 aliphatic heterocycles. The Bertz CT molecular complexity index is 614. The van der Waals surface area contributed by atoms with E-state index in [-0.39, 0.29) is 12.0 Å². The van der Waals surface area contributed by atoms with Crippen LogP contribution in [0.15, 0.2) is 24.5 Å². The van der Waals surface area contributed by atoms with Crippen LogP contribution in [0, 0.1) is 0 Å². The molecular weight excluding hydrogens is 272 g/mol. The highest BCUT2D eigenvalue weighted by Gasteiger charge is 2.28. The molecule has 1 unspecified atom stereocenters. The normalized spacial score (nSPS) is 18.7. The molecule has 0 saturated carbocycles. The molecule has 2 aromatic rings. The Morgan fingerprint density at radius 2 is 2.43 bits per heavy atom. The largest absolute Gasteiger partial charge is 0.366 e. The minimum atomic E-state index is -0.315. The number of carbonyl (C=O) groups excluding carboxylic acids is 1. The minimum Gasteiger partial charge on any atom is -0.366 e. The van der Waals surface area contributed by atoms with Gasteiger partial charge in [-0.15, -0.1) is 10.2 Å². The first-order valence-electron chi connectivity index (χ1n) is 6.74. The quantitative estimate of drug-likeness (QED) is 0.774. The third-order valence-corrected chi connectivity index (χ3v) is 3.31. The molecule has 0 aromatic carbocycles. The molecule has 3 rings (SSSR count). The van der Waals surface area contributed by atoms with Gasteiger partial charge in [-0.25, -0.2) is 0 Å². The Morgan fingerprint density at radius 3 is 3.14 bits per heavy atom. The number of hydrogen-bond donors (Lipinski definition) is 0. The molecule has 8 heteroatoms. The lowest BCUT2D eigenvalue weighted by Crippen LogP contribution is -2.43. The number of rotatable bonds is 3. The van der Waals surface area contributed by atoms with Crippen LogP contribution in [0.4, 0.5) is 0 Å². The molecule has 0 bridgehead atoms. The standard InChI is InChI=1S/C13H16N6O2/c1-18-16-13(15-17-18)11-9-19(5-6-21-11)12(20)7-10-3-2-4-14-8-10/h2-4,8,11H,5-7,9H2,1H3. The number of carbonyl (C=O) groups is 1. The van der Waals surface area contributed by atoms with Gasteiger partial charge in [-0.05, 0) is 16.8 Å². The second-order valence-corrected chi connectivity index (χ2v) is 4.87. The average molecular weight is 288 g/mol. The van der Waals surface area contributed by atoms with Gasteiger partial charge in [0.1, 0.15) is 6.10 Å². The van der Waals surface area contributed by atoms with E-state index < -0.39 is 0 Å². The summed E-state index contributed by atoms with van der Waals surface area (Å²) in [5.74, 6) is 0.566. The van der Waals surface area contributed by atoms with E-state index >= 15 is 0 Å². The first-order chi connectivity index (χ1) is 10.2. The Kier molecular flexibility index (Phi) is 3.87. The van der Waals surface area contributed by atoms with Crippen LogP contribution in [0.3, 0.4) is 0 Å². The van der Waals surface area contributed by atoms with E-state index in [2.05, 4.69) is 20.4 Å². The van der Waals surface area contributed by atoms with Crippen LogP contribution in [0.5, 0.6) is 0 Å².